The van der Waals surface area contributed by atoms with Crippen LogP contribution in [-0.4, -0.2) is 35.0 Å². The van der Waals surface area contributed by atoms with Crippen molar-refractivity contribution < 1.29 is 9.53 Å². The largest absolute Gasteiger partial charge is 0.489 e. The van der Waals surface area contributed by atoms with Crippen molar-refractivity contribution in [3.63, 3.8) is 0 Å². The van der Waals surface area contributed by atoms with Crippen LogP contribution >= 0.6 is 12.4 Å². The van der Waals surface area contributed by atoms with E-state index in [0.29, 0.717) is 13.0 Å². The van der Waals surface area contributed by atoms with Gasteiger partial charge in [0.2, 0.25) is 5.91 Å². The first-order valence-electron chi connectivity index (χ1n) is 9.12. The summed E-state index contributed by atoms with van der Waals surface area (Å²) in [7, 11) is 0. The van der Waals surface area contributed by atoms with Gasteiger partial charge in [-0.3, -0.25) is 9.78 Å². The minimum atomic E-state index is 0. The van der Waals surface area contributed by atoms with E-state index in [1.165, 1.54) is 0 Å². The molecular formula is C22H23ClN2O2. The first kappa shape index (κ1) is 19.2. The highest BCUT2D eigenvalue weighted by atomic mass is 35.5. The monoisotopic (exact) mass is 382 g/mol. The van der Waals surface area contributed by atoms with E-state index in [9.17, 15) is 4.79 Å². The number of carbonyl (C=O) groups excluding carboxylic acids is 1. The summed E-state index contributed by atoms with van der Waals surface area (Å²) in [6.07, 6.45) is 3.35. The van der Waals surface area contributed by atoms with E-state index in [-0.39, 0.29) is 24.4 Å². The summed E-state index contributed by atoms with van der Waals surface area (Å²) in [4.78, 5) is 18.1. The lowest BCUT2D eigenvalue weighted by atomic mass is 10.0. The molecule has 4 nitrogen and oxygen atoms in total. The fraction of sp³-hybridized carbons (Fsp3) is 0.273. The Bertz CT molecular complexity index is 927. The number of ether oxygens (including phenoxy) is 1. The maximum absolute atomic E-state index is 11.8. The Hall–Kier alpha value is -2.59. The molecule has 1 amide bonds. The molecule has 2 aromatic carbocycles. The van der Waals surface area contributed by atoms with E-state index in [1.54, 1.807) is 0 Å². The molecule has 5 heteroatoms. The van der Waals surface area contributed by atoms with Gasteiger partial charge in [-0.1, -0.05) is 37.3 Å². The summed E-state index contributed by atoms with van der Waals surface area (Å²) in [6, 6.07) is 18.5. The van der Waals surface area contributed by atoms with Crippen LogP contribution in [0.2, 0.25) is 0 Å². The average Bonchev–Trinajstić information content (AvgIpc) is 3.16. The maximum atomic E-state index is 11.8. The number of rotatable bonds is 4. The second kappa shape index (κ2) is 8.40. The summed E-state index contributed by atoms with van der Waals surface area (Å²) in [5.41, 5.74) is 3.28. The van der Waals surface area contributed by atoms with Crippen LogP contribution in [0.4, 0.5) is 0 Å². The summed E-state index contributed by atoms with van der Waals surface area (Å²) in [5.74, 6) is 1.06. The van der Waals surface area contributed by atoms with Crippen LogP contribution in [0.1, 0.15) is 19.8 Å². The Balaban J connectivity index is 0.00000210. The Labute approximate surface area is 165 Å². The third kappa shape index (κ3) is 4.22. The van der Waals surface area contributed by atoms with Crippen molar-refractivity contribution in [1.82, 2.24) is 9.88 Å². The highest BCUT2D eigenvalue weighted by Crippen LogP contribution is 2.26. The Kier molecular flexibility index (Phi) is 5.97. The van der Waals surface area contributed by atoms with Gasteiger partial charge in [-0.2, -0.15) is 0 Å². The van der Waals surface area contributed by atoms with Crippen molar-refractivity contribution in [3.05, 3.63) is 60.8 Å². The van der Waals surface area contributed by atoms with E-state index in [0.717, 1.165) is 40.7 Å². The third-order valence-electron chi connectivity index (χ3n) is 4.90. The topological polar surface area (TPSA) is 42.4 Å². The standard InChI is InChI=1S/C22H22N2O2.ClH/c1-2-22(25)24-13-11-20(15-24)26-19-9-7-16(8-10-19)18-6-5-17-4-3-12-23-21(17)14-18;/h3-10,12,14,20H,2,11,13,15H2,1H3;1H/t20-;/m1./s1. The number of carbonyl (C=O) groups is 1. The lowest BCUT2D eigenvalue weighted by molar-refractivity contribution is -0.130. The highest BCUT2D eigenvalue weighted by molar-refractivity contribution is 5.85. The molecule has 0 saturated carbocycles. The third-order valence-corrected chi connectivity index (χ3v) is 4.90. The maximum Gasteiger partial charge on any atom is 0.222 e. The van der Waals surface area contributed by atoms with Crippen molar-refractivity contribution in [2.45, 2.75) is 25.9 Å². The SMILES string of the molecule is CCC(=O)N1CC[C@@H](Oc2ccc(-c3ccc4cccnc4c3)cc2)C1.Cl. The molecule has 1 fully saturated rings. The molecule has 0 radical (unpaired) electrons. The number of hydrogen-bond donors (Lipinski definition) is 0. The zero-order valence-electron chi connectivity index (χ0n) is 15.3. The van der Waals surface area contributed by atoms with Crippen LogP contribution in [0.5, 0.6) is 5.75 Å². The van der Waals surface area contributed by atoms with E-state index in [4.69, 9.17) is 4.74 Å². The van der Waals surface area contributed by atoms with Gasteiger partial charge in [-0.05, 0) is 35.4 Å². The molecule has 0 bridgehead atoms. The number of hydrogen-bond acceptors (Lipinski definition) is 3. The van der Waals surface area contributed by atoms with Gasteiger partial charge in [-0.25, -0.2) is 0 Å². The summed E-state index contributed by atoms with van der Waals surface area (Å²) >= 11 is 0. The smallest absolute Gasteiger partial charge is 0.222 e. The molecular weight excluding hydrogens is 360 g/mol. The first-order valence-corrected chi connectivity index (χ1v) is 9.12. The zero-order chi connectivity index (χ0) is 17.9. The number of amides is 1. The summed E-state index contributed by atoms with van der Waals surface area (Å²) < 4.78 is 6.06. The van der Waals surface area contributed by atoms with E-state index in [1.807, 2.05) is 36.2 Å². The van der Waals surface area contributed by atoms with Gasteiger partial charge in [0.15, 0.2) is 0 Å². The minimum Gasteiger partial charge on any atom is -0.489 e. The molecule has 0 aliphatic carbocycles. The summed E-state index contributed by atoms with van der Waals surface area (Å²) in [6.45, 7) is 3.38. The van der Waals surface area contributed by atoms with Crippen LogP contribution in [0.3, 0.4) is 0 Å². The molecule has 1 aliphatic heterocycles. The molecule has 1 aliphatic rings. The van der Waals surface area contributed by atoms with Gasteiger partial charge in [0.25, 0.3) is 0 Å². The number of fused-ring (bicyclic) bond motifs is 1. The lowest BCUT2D eigenvalue weighted by Gasteiger charge is -2.16. The number of benzene rings is 2. The van der Waals surface area contributed by atoms with Gasteiger partial charge in [-0.15, -0.1) is 12.4 Å². The van der Waals surface area contributed by atoms with Gasteiger partial charge in [0.05, 0.1) is 12.1 Å². The zero-order valence-corrected chi connectivity index (χ0v) is 16.1. The van der Waals surface area contributed by atoms with Crippen molar-refractivity contribution in [3.8, 4) is 16.9 Å². The lowest BCUT2D eigenvalue weighted by Crippen LogP contribution is -2.30. The van der Waals surface area contributed by atoms with Gasteiger partial charge >= 0.3 is 0 Å². The van der Waals surface area contributed by atoms with Crippen LogP contribution in [0.15, 0.2) is 60.8 Å². The van der Waals surface area contributed by atoms with Crippen molar-refractivity contribution in [2.24, 2.45) is 0 Å². The quantitative estimate of drug-likeness (QED) is 0.656. The number of nitrogens with zero attached hydrogens (tertiary/aromatic N) is 2. The Morgan fingerprint density at radius 2 is 1.93 bits per heavy atom. The van der Waals surface area contributed by atoms with Crippen molar-refractivity contribution in [1.29, 1.82) is 0 Å². The number of aromatic nitrogens is 1. The number of halogens is 1. The molecule has 2 heterocycles. The van der Waals surface area contributed by atoms with E-state index >= 15 is 0 Å². The predicted molar refractivity (Wildman–Crippen MR) is 110 cm³/mol. The Morgan fingerprint density at radius 1 is 1.15 bits per heavy atom. The molecule has 1 aromatic heterocycles. The molecule has 140 valence electrons. The van der Waals surface area contributed by atoms with Crippen molar-refractivity contribution in [2.75, 3.05) is 13.1 Å². The normalized spacial score (nSPS) is 16.2. The number of pyridine rings is 1. The molecule has 3 aromatic rings. The fourth-order valence-electron chi connectivity index (χ4n) is 3.44. The van der Waals surface area contributed by atoms with Crippen LogP contribution in [0.25, 0.3) is 22.0 Å². The number of likely N-dealkylation sites (tertiary alicyclic amines) is 1. The molecule has 0 N–H and O–H groups in total. The highest BCUT2D eigenvalue weighted by Gasteiger charge is 2.26. The van der Waals surface area contributed by atoms with Gasteiger partial charge in [0, 0.05) is 31.0 Å². The first-order chi connectivity index (χ1) is 12.7. The van der Waals surface area contributed by atoms with E-state index < -0.39 is 0 Å². The predicted octanol–water partition coefficient (Wildman–Crippen LogP) is 4.71. The van der Waals surface area contributed by atoms with Crippen LogP contribution in [-0.2, 0) is 4.79 Å². The van der Waals surface area contributed by atoms with Crippen LogP contribution in [0, 0.1) is 0 Å². The second-order valence-electron chi connectivity index (χ2n) is 6.66. The van der Waals surface area contributed by atoms with Crippen LogP contribution < -0.4 is 4.74 Å². The van der Waals surface area contributed by atoms with Gasteiger partial charge in [0.1, 0.15) is 11.9 Å². The molecule has 0 unspecified atom stereocenters. The molecule has 0 spiro atoms. The van der Waals surface area contributed by atoms with Gasteiger partial charge < -0.3 is 9.64 Å². The second-order valence-corrected chi connectivity index (χ2v) is 6.66. The molecule has 27 heavy (non-hydrogen) atoms. The minimum absolute atomic E-state index is 0. The average molecular weight is 383 g/mol. The van der Waals surface area contributed by atoms with Crippen molar-refractivity contribution >= 4 is 29.2 Å². The fourth-order valence-corrected chi connectivity index (χ4v) is 3.44. The summed E-state index contributed by atoms with van der Waals surface area (Å²) in [5, 5.41) is 1.14. The molecule has 1 saturated heterocycles. The Morgan fingerprint density at radius 3 is 2.70 bits per heavy atom. The molecule has 4 rings (SSSR count). The molecule has 1 atom stereocenters. The van der Waals surface area contributed by atoms with E-state index in [2.05, 4.69) is 41.4 Å².